The van der Waals surface area contributed by atoms with E-state index in [0.717, 1.165) is 44.9 Å². The fraction of sp³-hybridized carbons (Fsp3) is 0.936. The molecule has 518 valence electrons. The highest BCUT2D eigenvalue weighted by atomic mass is 31.2. The first-order valence-electron chi connectivity index (χ1n) is 39.2. The molecule has 0 aromatic rings. The van der Waals surface area contributed by atoms with E-state index in [1.54, 1.807) is 0 Å². The molecular weight excluding hydrogens is 1090 g/mol. The fourth-order valence-corrected chi connectivity index (χ4v) is 13.1. The number of phosphoric ester groups is 1. The normalized spacial score (nSPS) is 13.6. The number of aliphatic hydroxyl groups excluding tert-OH is 1. The number of nitrogens with one attached hydrogen (secondary N) is 1. The summed E-state index contributed by atoms with van der Waals surface area (Å²) in [4.78, 5) is 25.7. The summed E-state index contributed by atoms with van der Waals surface area (Å²) in [6, 6.07) is -0.800. The van der Waals surface area contributed by atoms with Crippen molar-refractivity contribution in [1.82, 2.24) is 5.32 Å². The van der Waals surface area contributed by atoms with Gasteiger partial charge in [0, 0.05) is 6.42 Å². The first-order chi connectivity index (χ1) is 42.5. The van der Waals surface area contributed by atoms with E-state index in [2.05, 4.69) is 43.5 Å². The van der Waals surface area contributed by atoms with Crippen LogP contribution in [0.4, 0.5) is 0 Å². The van der Waals surface area contributed by atoms with Gasteiger partial charge in [-0.3, -0.25) is 9.36 Å². The van der Waals surface area contributed by atoms with Gasteiger partial charge >= 0.3 is 0 Å². The summed E-state index contributed by atoms with van der Waals surface area (Å²) in [7, 11) is 1.33. The summed E-state index contributed by atoms with van der Waals surface area (Å²) in [6.07, 6.45) is 91.5. The molecule has 8 nitrogen and oxygen atoms in total. The smallest absolute Gasteiger partial charge is 0.268 e. The third-order valence-corrected chi connectivity index (χ3v) is 19.4. The second kappa shape index (κ2) is 69.3. The van der Waals surface area contributed by atoms with Crippen molar-refractivity contribution in [1.29, 1.82) is 0 Å². The number of carbonyl (C=O) groups is 1. The first-order valence-corrected chi connectivity index (χ1v) is 40.6. The Morgan fingerprint density at radius 3 is 0.954 bits per heavy atom. The molecule has 0 rings (SSSR count). The number of hydrogen-bond acceptors (Lipinski definition) is 6. The molecule has 9 heteroatoms. The van der Waals surface area contributed by atoms with Crippen molar-refractivity contribution >= 4 is 13.7 Å². The minimum absolute atomic E-state index is 0.0154. The number of allylic oxidation sites excluding steroid dienone is 4. The van der Waals surface area contributed by atoms with E-state index >= 15 is 0 Å². The number of likely N-dealkylation sites (N-methyl/N-ethyl adjacent to an activating group) is 1. The summed E-state index contributed by atoms with van der Waals surface area (Å²) < 4.78 is 23.6. The van der Waals surface area contributed by atoms with Crippen LogP contribution in [0.5, 0.6) is 0 Å². The van der Waals surface area contributed by atoms with Crippen molar-refractivity contribution in [2.45, 2.75) is 431 Å². The highest BCUT2D eigenvalue weighted by Gasteiger charge is 2.24. The highest BCUT2D eigenvalue weighted by molar-refractivity contribution is 7.45. The van der Waals surface area contributed by atoms with Crippen LogP contribution < -0.4 is 10.2 Å². The number of carbonyl (C=O) groups excluding carboxylic acids is 1. The number of quaternary nitrogens is 1. The predicted molar refractivity (Wildman–Crippen MR) is 381 cm³/mol. The lowest BCUT2D eigenvalue weighted by atomic mass is 10.0. The topological polar surface area (TPSA) is 108 Å². The van der Waals surface area contributed by atoms with E-state index in [-0.39, 0.29) is 19.1 Å². The van der Waals surface area contributed by atoms with Crippen molar-refractivity contribution in [2.75, 3.05) is 40.9 Å². The monoisotopic (exact) mass is 1250 g/mol. The van der Waals surface area contributed by atoms with Crippen molar-refractivity contribution in [2.24, 2.45) is 0 Å². The largest absolute Gasteiger partial charge is 0.756 e. The van der Waals surface area contributed by atoms with Crippen molar-refractivity contribution < 1.29 is 32.9 Å². The maximum Gasteiger partial charge on any atom is 0.268 e. The maximum atomic E-state index is 13.1. The van der Waals surface area contributed by atoms with Gasteiger partial charge in [0.25, 0.3) is 7.82 Å². The molecule has 0 aromatic carbocycles. The molecule has 2 N–H and O–H groups in total. The van der Waals surface area contributed by atoms with Crippen molar-refractivity contribution in [3.63, 3.8) is 0 Å². The molecule has 1 amide bonds. The summed E-state index contributed by atoms with van der Waals surface area (Å²) in [5.74, 6) is -0.155. The Labute approximate surface area is 545 Å². The molecule has 3 atom stereocenters. The SMILES string of the molecule is CCCCCCC/C=C\C/C=C\CCCCCCCCCCCCCCCCCCCCCCCC(=O)NC(COP(=O)([O-])OCC[N+](C)(C)C)C(O)CCCCCCCCCCCCCCCCCCCCCCCCCCCCCCCCCC. The van der Waals surface area contributed by atoms with E-state index in [9.17, 15) is 19.4 Å². The van der Waals surface area contributed by atoms with Crippen LogP contribution >= 0.6 is 7.82 Å². The zero-order chi connectivity index (χ0) is 63.4. The zero-order valence-electron chi connectivity index (χ0n) is 59.5. The molecule has 0 aliphatic carbocycles. The lowest BCUT2D eigenvalue weighted by molar-refractivity contribution is -0.870. The Morgan fingerprint density at radius 1 is 0.402 bits per heavy atom. The van der Waals surface area contributed by atoms with Crippen LogP contribution in [0.3, 0.4) is 0 Å². The number of amides is 1. The number of aliphatic hydroxyl groups is 1. The fourth-order valence-electron chi connectivity index (χ4n) is 12.4. The number of phosphoric acid groups is 1. The van der Waals surface area contributed by atoms with Crippen LogP contribution in [-0.4, -0.2) is 68.5 Å². The zero-order valence-corrected chi connectivity index (χ0v) is 60.4. The van der Waals surface area contributed by atoms with Crippen LogP contribution in [0.1, 0.15) is 418 Å². The van der Waals surface area contributed by atoms with E-state index < -0.39 is 20.0 Å². The van der Waals surface area contributed by atoms with Gasteiger partial charge < -0.3 is 28.8 Å². The quantitative estimate of drug-likeness (QED) is 0.0272. The van der Waals surface area contributed by atoms with E-state index in [1.165, 1.54) is 347 Å². The Hall–Kier alpha value is -1.02. The molecule has 3 unspecified atom stereocenters. The number of unbranched alkanes of at least 4 members (excludes halogenated alkanes) is 57. The average molecular weight is 1250 g/mol. The summed E-state index contributed by atoms with van der Waals surface area (Å²) >= 11 is 0. The van der Waals surface area contributed by atoms with Gasteiger partial charge in [-0.2, -0.15) is 0 Å². The van der Waals surface area contributed by atoms with Crippen LogP contribution in [0.25, 0.3) is 0 Å². The molecule has 87 heavy (non-hydrogen) atoms. The molecule has 0 fully saturated rings. The Kier molecular flexibility index (Phi) is 68.5. The Balaban J connectivity index is 3.93. The van der Waals surface area contributed by atoms with Gasteiger partial charge in [0.15, 0.2) is 0 Å². The molecule has 0 spiro atoms. The molecule has 0 saturated heterocycles. The molecular formula is C78H155N2O6P. The van der Waals surface area contributed by atoms with Crippen LogP contribution in [-0.2, 0) is 18.4 Å². The van der Waals surface area contributed by atoms with Gasteiger partial charge in [-0.05, 0) is 44.9 Å². The van der Waals surface area contributed by atoms with Gasteiger partial charge in [-0.25, -0.2) is 0 Å². The van der Waals surface area contributed by atoms with E-state index in [0.29, 0.717) is 23.9 Å². The summed E-state index contributed by atoms with van der Waals surface area (Å²) in [5.41, 5.74) is 0. The van der Waals surface area contributed by atoms with E-state index in [1.807, 2.05) is 21.1 Å². The van der Waals surface area contributed by atoms with Crippen LogP contribution in [0.2, 0.25) is 0 Å². The first kappa shape index (κ1) is 86.0. The second-order valence-corrected chi connectivity index (χ2v) is 29.8. The predicted octanol–water partition coefficient (Wildman–Crippen LogP) is 24.8. The van der Waals surface area contributed by atoms with Gasteiger partial charge in [0.1, 0.15) is 13.2 Å². The minimum atomic E-state index is -4.58. The average Bonchev–Trinajstić information content (AvgIpc) is 3.71. The van der Waals surface area contributed by atoms with Gasteiger partial charge in [0.05, 0.1) is 39.9 Å². The second-order valence-electron chi connectivity index (χ2n) is 28.4. The molecule has 0 aromatic heterocycles. The van der Waals surface area contributed by atoms with Gasteiger partial charge in [-0.15, -0.1) is 0 Å². The Bertz CT molecular complexity index is 1470. The van der Waals surface area contributed by atoms with Gasteiger partial charge in [-0.1, -0.05) is 391 Å². The number of nitrogens with zero attached hydrogens (tertiary/aromatic N) is 1. The van der Waals surface area contributed by atoms with Crippen molar-refractivity contribution in [3.05, 3.63) is 24.3 Å². The molecule has 0 aliphatic heterocycles. The molecule has 0 bridgehead atoms. The molecule has 0 aliphatic rings. The van der Waals surface area contributed by atoms with Gasteiger partial charge in [0.2, 0.25) is 5.91 Å². The lowest BCUT2D eigenvalue weighted by Crippen LogP contribution is -2.46. The molecule has 0 heterocycles. The molecule has 0 saturated carbocycles. The third-order valence-electron chi connectivity index (χ3n) is 18.4. The molecule has 0 radical (unpaired) electrons. The van der Waals surface area contributed by atoms with Crippen LogP contribution in [0, 0.1) is 0 Å². The third kappa shape index (κ3) is 72.3. The standard InChI is InChI=1S/C78H155N2O6P/c1-6-8-10-12-14-16-18-20-22-24-26-28-30-32-34-36-38-40-42-44-46-48-50-52-54-56-58-60-62-64-66-68-70-72-78(82)79-76(75-86-87(83,84)85-74-73-80(3,4)5)77(81)71-69-67-65-63-61-59-57-55-53-51-49-47-45-43-41-39-37-35-33-31-29-27-25-23-21-19-17-15-13-11-9-7-2/h18,20,24,26,76-77,81H,6-17,19,21-23,25,27-75H2,1-5H3,(H-,79,82,83,84)/b20-18-,26-24-. The maximum absolute atomic E-state index is 13.1. The summed E-state index contributed by atoms with van der Waals surface area (Å²) in [5, 5.41) is 14.1. The van der Waals surface area contributed by atoms with E-state index in [4.69, 9.17) is 9.05 Å². The van der Waals surface area contributed by atoms with Crippen molar-refractivity contribution in [3.8, 4) is 0 Å². The number of rotatable bonds is 74. The lowest BCUT2D eigenvalue weighted by Gasteiger charge is -2.30. The minimum Gasteiger partial charge on any atom is -0.756 e. The Morgan fingerprint density at radius 2 is 0.667 bits per heavy atom. The highest BCUT2D eigenvalue weighted by Crippen LogP contribution is 2.38. The number of hydrogen-bond donors (Lipinski definition) is 2. The van der Waals surface area contributed by atoms with Crippen LogP contribution in [0.15, 0.2) is 24.3 Å². The summed E-state index contributed by atoms with van der Waals surface area (Å²) in [6.45, 7) is 4.78.